The third-order valence-corrected chi connectivity index (χ3v) is 12.8. The molecule has 1 aromatic heterocycles. The lowest BCUT2D eigenvalue weighted by atomic mass is 10.0. The van der Waals surface area contributed by atoms with Crippen LogP contribution in [0.2, 0.25) is 5.04 Å². The summed E-state index contributed by atoms with van der Waals surface area (Å²) in [6, 6.07) is 20.5. The van der Waals surface area contributed by atoms with Crippen molar-refractivity contribution in [1.82, 2.24) is 9.55 Å². The number of halogens is 1. The number of nitrogens with zero attached hydrogens (tertiary/aromatic N) is 1. The molecule has 0 amide bonds. The highest BCUT2D eigenvalue weighted by Gasteiger charge is 2.50. The first-order valence-corrected chi connectivity index (χ1v) is 16.1. The number of carbonyl (C=O) groups excluding carboxylic acids is 1. The lowest BCUT2D eigenvalue weighted by molar-refractivity contribution is -0.137. The second-order valence-electron chi connectivity index (χ2n) is 10.9. The molecule has 0 bridgehead atoms. The molecule has 1 heterocycles. The maximum Gasteiger partial charge on any atom is 0.330 e. The molecule has 2 atom stereocenters. The Hall–Kier alpha value is -3.27. The van der Waals surface area contributed by atoms with Crippen LogP contribution in [0.3, 0.4) is 0 Å². The van der Waals surface area contributed by atoms with E-state index in [0.717, 1.165) is 5.57 Å². The Morgan fingerprint density at radius 2 is 1.68 bits per heavy atom. The zero-order valence-electron chi connectivity index (χ0n) is 23.2. The second kappa shape index (κ2) is 12.5. The standard InChI is InChI=1S/C31H35BrN2O5Si/c1-5-38-28(35)17-16-22-18-24(34-20-27(32)29(36)33-30(34)37)19-23(22)21-39-40(31(2,3)4,25-12-8-6-9-13-25)26-14-10-7-11-15-26/h6-18,20,23-24H,5,19,21H2,1-4H3,(H,33,36,37)/t23-,24+/m1/s1. The number of hydrogen-bond donors (Lipinski definition) is 1. The minimum Gasteiger partial charge on any atom is -0.463 e. The molecule has 9 heteroatoms. The van der Waals surface area contributed by atoms with Crippen LogP contribution in [0.5, 0.6) is 0 Å². The molecule has 210 valence electrons. The maximum atomic E-state index is 12.7. The van der Waals surface area contributed by atoms with Crippen LogP contribution >= 0.6 is 15.9 Å². The molecule has 0 spiro atoms. The number of carbonyl (C=O) groups is 1. The van der Waals surface area contributed by atoms with Crippen molar-refractivity contribution in [2.45, 2.75) is 45.2 Å². The molecular weight excluding hydrogens is 588 g/mol. The third kappa shape index (κ3) is 6.21. The molecule has 2 aromatic carbocycles. The molecule has 0 fully saturated rings. The highest BCUT2D eigenvalue weighted by Crippen LogP contribution is 2.40. The van der Waals surface area contributed by atoms with Crippen molar-refractivity contribution in [2.24, 2.45) is 5.92 Å². The van der Waals surface area contributed by atoms with Crippen molar-refractivity contribution in [1.29, 1.82) is 0 Å². The smallest absolute Gasteiger partial charge is 0.330 e. The summed E-state index contributed by atoms with van der Waals surface area (Å²) in [5.41, 5.74) is -0.0841. The van der Waals surface area contributed by atoms with Crippen LogP contribution in [0.15, 0.2) is 105 Å². The number of H-pyrrole nitrogens is 1. The van der Waals surface area contributed by atoms with Gasteiger partial charge in [0, 0.05) is 24.8 Å². The van der Waals surface area contributed by atoms with E-state index in [4.69, 9.17) is 9.16 Å². The van der Waals surface area contributed by atoms with Crippen molar-refractivity contribution in [2.75, 3.05) is 13.2 Å². The molecule has 7 nitrogen and oxygen atoms in total. The largest absolute Gasteiger partial charge is 0.463 e. The normalized spacial score (nSPS) is 17.7. The Balaban J connectivity index is 1.74. The Labute approximate surface area is 243 Å². The van der Waals surface area contributed by atoms with E-state index in [0.29, 0.717) is 13.0 Å². The molecule has 0 unspecified atom stereocenters. The van der Waals surface area contributed by atoms with Gasteiger partial charge in [-0.1, -0.05) is 93.6 Å². The van der Waals surface area contributed by atoms with Gasteiger partial charge in [0.15, 0.2) is 0 Å². The third-order valence-electron chi connectivity index (χ3n) is 7.28. The van der Waals surface area contributed by atoms with E-state index in [-0.39, 0.29) is 28.1 Å². The summed E-state index contributed by atoms with van der Waals surface area (Å²) in [6.07, 6.45) is 7.21. The number of rotatable bonds is 9. The number of benzene rings is 2. The molecule has 0 saturated heterocycles. The van der Waals surface area contributed by atoms with Crippen LogP contribution in [0.25, 0.3) is 0 Å². The quantitative estimate of drug-likeness (QED) is 0.216. The summed E-state index contributed by atoms with van der Waals surface area (Å²) in [4.78, 5) is 39.2. The number of esters is 1. The highest BCUT2D eigenvalue weighted by atomic mass is 79.9. The van der Waals surface area contributed by atoms with Gasteiger partial charge in [0.05, 0.1) is 17.1 Å². The fraction of sp³-hybridized carbons (Fsp3) is 0.323. The number of hydrogen-bond acceptors (Lipinski definition) is 5. The van der Waals surface area contributed by atoms with Crippen LogP contribution in [0.4, 0.5) is 0 Å². The van der Waals surface area contributed by atoms with E-state index in [1.807, 2.05) is 18.2 Å². The van der Waals surface area contributed by atoms with Crippen LogP contribution in [0, 0.1) is 5.92 Å². The van der Waals surface area contributed by atoms with Gasteiger partial charge in [-0.3, -0.25) is 14.3 Å². The molecule has 0 aliphatic heterocycles. The van der Waals surface area contributed by atoms with E-state index in [1.54, 1.807) is 13.0 Å². The van der Waals surface area contributed by atoms with E-state index in [1.165, 1.54) is 27.2 Å². The Kier molecular flexibility index (Phi) is 9.28. The lowest BCUT2D eigenvalue weighted by Crippen LogP contribution is -2.66. The molecular formula is C31H35BrN2O5Si. The Bertz CT molecular complexity index is 1470. The average Bonchev–Trinajstić information content (AvgIpc) is 3.33. The van der Waals surface area contributed by atoms with Crippen molar-refractivity contribution in [3.05, 3.63) is 116 Å². The fourth-order valence-electron chi connectivity index (χ4n) is 5.45. The van der Waals surface area contributed by atoms with Crippen molar-refractivity contribution >= 4 is 40.6 Å². The SMILES string of the molecule is CCOC(=O)C=CC1=C[C@H](n2cc(Br)c(=O)[nH]c2=O)C[C@@H]1CO[Si](c1ccccc1)(c1ccccc1)C(C)(C)C. The summed E-state index contributed by atoms with van der Waals surface area (Å²) in [5, 5.41) is 2.16. The summed E-state index contributed by atoms with van der Waals surface area (Å²) in [5.74, 6) is -0.530. The Morgan fingerprint density at radius 3 is 2.23 bits per heavy atom. The van der Waals surface area contributed by atoms with Gasteiger partial charge in [-0.25, -0.2) is 9.59 Å². The van der Waals surface area contributed by atoms with E-state index >= 15 is 0 Å². The number of aromatic amines is 1. The first kappa shape index (κ1) is 29.7. The molecule has 0 saturated carbocycles. The van der Waals surface area contributed by atoms with Gasteiger partial charge in [-0.2, -0.15) is 0 Å². The number of ether oxygens (including phenoxy) is 1. The molecule has 4 rings (SSSR count). The molecule has 3 aromatic rings. The predicted octanol–water partition coefficient (Wildman–Crippen LogP) is 4.48. The van der Waals surface area contributed by atoms with Crippen molar-refractivity contribution in [3.63, 3.8) is 0 Å². The summed E-state index contributed by atoms with van der Waals surface area (Å²) in [7, 11) is -2.80. The van der Waals surface area contributed by atoms with Gasteiger partial charge in [-0.05, 0) is 50.3 Å². The first-order chi connectivity index (χ1) is 19.1. The van der Waals surface area contributed by atoms with Gasteiger partial charge in [0.1, 0.15) is 0 Å². The minimum atomic E-state index is -2.80. The molecule has 1 N–H and O–H groups in total. The van der Waals surface area contributed by atoms with Gasteiger partial charge >= 0.3 is 11.7 Å². The van der Waals surface area contributed by atoms with Gasteiger partial charge in [0.25, 0.3) is 13.9 Å². The number of nitrogens with one attached hydrogen (secondary N) is 1. The second-order valence-corrected chi connectivity index (χ2v) is 16.0. The highest BCUT2D eigenvalue weighted by molar-refractivity contribution is 9.10. The lowest BCUT2D eigenvalue weighted by Gasteiger charge is -2.43. The molecule has 0 radical (unpaired) electrons. The van der Waals surface area contributed by atoms with Gasteiger partial charge in [-0.15, -0.1) is 0 Å². The zero-order valence-corrected chi connectivity index (χ0v) is 25.8. The fourth-order valence-corrected chi connectivity index (χ4v) is 10.4. The molecule has 40 heavy (non-hydrogen) atoms. The summed E-state index contributed by atoms with van der Waals surface area (Å²) in [6.45, 7) is 9.12. The monoisotopic (exact) mass is 622 g/mol. The number of aromatic nitrogens is 2. The first-order valence-electron chi connectivity index (χ1n) is 13.4. The van der Waals surface area contributed by atoms with Gasteiger partial charge < -0.3 is 9.16 Å². The van der Waals surface area contributed by atoms with E-state index < -0.39 is 25.5 Å². The van der Waals surface area contributed by atoms with Gasteiger partial charge in [0.2, 0.25) is 0 Å². The maximum absolute atomic E-state index is 12.7. The van der Waals surface area contributed by atoms with Crippen LogP contribution in [-0.4, -0.2) is 37.1 Å². The van der Waals surface area contributed by atoms with E-state index in [2.05, 4.69) is 90.2 Å². The summed E-state index contributed by atoms with van der Waals surface area (Å²) >= 11 is 3.24. The number of allylic oxidation sites excluding steroid dienone is 2. The van der Waals surface area contributed by atoms with Crippen molar-refractivity contribution in [3.8, 4) is 0 Å². The van der Waals surface area contributed by atoms with Crippen LogP contribution in [-0.2, 0) is 14.0 Å². The molecule has 1 aliphatic carbocycles. The summed E-state index contributed by atoms with van der Waals surface area (Å²) < 4.78 is 14.1. The Morgan fingerprint density at radius 1 is 1.07 bits per heavy atom. The van der Waals surface area contributed by atoms with Crippen LogP contribution < -0.4 is 21.6 Å². The van der Waals surface area contributed by atoms with E-state index in [9.17, 15) is 14.4 Å². The minimum absolute atomic E-state index is 0.102. The predicted molar refractivity (Wildman–Crippen MR) is 164 cm³/mol. The molecule has 1 aliphatic rings. The average molecular weight is 624 g/mol. The zero-order chi connectivity index (χ0) is 28.9. The van der Waals surface area contributed by atoms with Crippen molar-refractivity contribution < 1.29 is 14.0 Å². The van der Waals surface area contributed by atoms with Crippen LogP contribution in [0.1, 0.15) is 40.2 Å². The topological polar surface area (TPSA) is 90.4 Å².